The van der Waals surface area contributed by atoms with E-state index in [1.807, 2.05) is 0 Å². The summed E-state index contributed by atoms with van der Waals surface area (Å²) in [6.07, 6.45) is 7.99. The Hall–Kier alpha value is -0.0800. The van der Waals surface area contributed by atoms with Crippen LogP contribution in [0.4, 0.5) is 0 Å². The zero-order chi connectivity index (χ0) is 9.54. The minimum absolute atomic E-state index is 0.0364. The molecule has 0 aromatic rings. The van der Waals surface area contributed by atoms with Crippen LogP contribution in [0.1, 0.15) is 38.5 Å². The maximum Gasteiger partial charge on any atom is 0.0611 e. The SMILES string of the molecule is O[C@H]1[C@@H]2CC[C@H]1[C@H](N1CCCC1)CC2. The van der Waals surface area contributed by atoms with Gasteiger partial charge in [0, 0.05) is 12.0 Å². The molecule has 2 aliphatic carbocycles. The lowest BCUT2D eigenvalue weighted by Gasteiger charge is -2.39. The van der Waals surface area contributed by atoms with Gasteiger partial charge in [0.25, 0.3) is 0 Å². The molecule has 2 heteroatoms. The number of fused-ring (bicyclic) bond motifs is 2. The Morgan fingerprint density at radius 3 is 2.43 bits per heavy atom. The van der Waals surface area contributed by atoms with Crippen molar-refractivity contribution in [3.63, 3.8) is 0 Å². The van der Waals surface area contributed by atoms with Crippen molar-refractivity contribution in [2.45, 2.75) is 50.7 Å². The van der Waals surface area contributed by atoms with Crippen LogP contribution in [-0.2, 0) is 0 Å². The zero-order valence-corrected chi connectivity index (χ0v) is 8.86. The van der Waals surface area contributed by atoms with Crippen LogP contribution >= 0.6 is 0 Å². The molecule has 3 rings (SSSR count). The Morgan fingerprint density at radius 1 is 0.929 bits per heavy atom. The Morgan fingerprint density at radius 2 is 1.64 bits per heavy atom. The predicted octanol–water partition coefficient (Wildman–Crippen LogP) is 1.63. The molecule has 1 heterocycles. The van der Waals surface area contributed by atoms with Gasteiger partial charge in [-0.3, -0.25) is 0 Å². The van der Waals surface area contributed by atoms with E-state index in [1.54, 1.807) is 0 Å². The average molecular weight is 195 g/mol. The van der Waals surface area contributed by atoms with E-state index in [0.717, 1.165) is 6.04 Å². The third-order valence-corrected chi connectivity index (χ3v) is 4.73. The first-order valence-electron chi connectivity index (χ1n) is 6.28. The summed E-state index contributed by atoms with van der Waals surface area (Å²) in [5.41, 5.74) is 0. The minimum atomic E-state index is 0.0364. The van der Waals surface area contributed by atoms with E-state index in [4.69, 9.17) is 0 Å². The quantitative estimate of drug-likeness (QED) is 0.687. The molecule has 0 spiro atoms. The van der Waals surface area contributed by atoms with Crippen LogP contribution < -0.4 is 0 Å². The summed E-state index contributed by atoms with van der Waals surface area (Å²) in [4.78, 5) is 2.65. The molecule has 0 aromatic carbocycles. The molecule has 0 amide bonds. The van der Waals surface area contributed by atoms with Crippen molar-refractivity contribution in [1.29, 1.82) is 0 Å². The van der Waals surface area contributed by atoms with Crippen LogP contribution in [0.25, 0.3) is 0 Å². The fraction of sp³-hybridized carbons (Fsp3) is 1.00. The number of hydrogen-bond donors (Lipinski definition) is 1. The molecular formula is C12H21NO. The van der Waals surface area contributed by atoms with Gasteiger partial charge in [-0.15, -0.1) is 0 Å². The Labute approximate surface area is 86.3 Å². The Bertz CT molecular complexity index is 212. The van der Waals surface area contributed by atoms with Gasteiger partial charge in [-0.2, -0.15) is 0 Å². The molecule has 4 atom stereocenters. The number of aliphatic hydroxyl groups is 1. The molecule has 14 heavy (non-hydrogen) atoms. The summed E-state index contributed by atoms with van der Waals surface area (Å²) in [7, 11) is 0. The summed E-state index contributed by atoms with van der Waals surface area (Å²) in [6.45, 7) is 2.58. The van der Waals surface area contributed by atoms with Crippen LogP contribution in [-0.4, -0.2) is 35.2 Å². The van der Waals surface area contributed by atoms with Crippen molar-refractivity contribution in [3.8, 4) is 0 Å². The molecule has 0 unspecified atom stereocenters. The molecule has 2 nitrogen and oxygen atoms in total. The number of aliphatic hydroxyl groups excluding tert-OH is 1. The highest BCUT2D eigenvalue weighted by Crippen LogP contribution is 2.44. The van der Waals surface area contributed by atoms with Crippen molar-refractivity contribution in [3.05, 3.63) is 0 Å². The normalized spacial score (nSPS) is 48.6. The number of likely N-dealkylation sites (tertiary alicyclic amines) is 1. The van der Waals surface area contributed by atoms with Crippen LogP contribution in [0.5, 0.6) is 0 Å². The fourth-order valence-corrected chi connectivity index (χ4v) is 3.96. The first-order chi connectivity index (χ1) is 6.86. The molecule has 2 saturated carbocycles. The van der Waals surface area contributed by atoms with Crippen LogP contribution in [0.2, 0.25) is 0 Å². The van der Waals surface area contributed by atoms with Gasteiger partial charge in [-0.1, -0.05) is 0 Å². The largest absolute Gasteiger partial charge is 0.392 e. The lowest BCUT2D eigenvalue weighted by Crippen LogP contribution is -2.45. The van der Waals surface area contributed by atoms with Gasteiger partial charge >= 0.3 is 0 Å². The smallest absolute Gasteiger partial charge is 0.0611 e. The summed E-state index contributed by atoms with van der Waals surface area (Å²) in [6, 6.07) is 0.728. The van der Waals surface area contributed by atoms with Gasteiger partial charge in [0.15, 0.2) is 0 Å². The lowest BCUT2D eigenvalue weighted by atomic mass is 9.81. The van der Waals surface area contributed by atoms with Gasteiger partial charge in [0.05, 0.1) is 6.10 Å². The number of nitrogens with zero attached hydrogens (tertiary/aromatic N) is 1. The predicted molar refractivity (Wildman–Crippen MR) is 56.0 cm³/mol. The van der Waals surface area contributed by atoms with Gasteiger partial charge in [0.2, 0.25) is 0 Å². The molecule has 3 aliphatic rings. The minimum Gasteiger partial charge on any atom is -0.392 e. The highest BCUT2D eigenvalue weighted by atomic mass is 16.3. The van der Waals surface area contributed by atoms with E-state index in [1.165, 1.54) is 51.6 Å². The van der Waals surface area contributed by atoms with Crippen molar-refractivity contribution in [2.75, 3.05) is 13.1 Å². The second-order valence-electron chi connectivity index (χ2n) is 5.38. The monoisotopic (exact) mass is 195 g/mol. The topological polar surface area (TPSA) is 23.5 Å². The summed E-state index contributed by atoms with van der Waals surface area (Å²) in [5.74, 6) is 1.27. The lowest BCUT2D eigenvalue weighted by molar-refractivity contribution is 0.00634. The molecule has 1 aliphatic heterocycles. The standard InChI is InChI=1S/C12H21NO/c14-12-9-3-5-10(12)11(6-4-9)13-7-1-2-8-13/h9-12,14H,1-8H2/t9-,10+,11-,12+/m1/s1. The number of rotatable bonds is 1. The molecule has 80 valence electrons. The summed E-state index contributed by atoms with van der Waals surface area (Å²) in [5, 5.41) is 10.1. The van der Waals surface area contributed by atoms with Crippen molar-refractivity contribution >= 4 is 0 Å². The maximum absolute atomic E-state index is 10.1. The highest BCUT2D eigenvalue weighted by molar-refractivity contribution is 4.98. The van der Waals surface area contributed by atoms with Crippen molar-refractivity contribution in [2.24, 2.45) is 11.8 Å². The van der Waals surface area contributed by atoms with E-state index >= 15 is 0 Å². The Kier molecular flexibility index (Phi) is 2.29. The molecular weight excluding hydrogens is 174 g/mol. The molecule has 3 fully saturated rings. The van der Waals surface area contributed by atoms with E-state index in [2.05, 4.69) is 4.90 Å². The second-order valence-corrected chi connectivity index (χ2v) is 5.38. The van der Waals surface area contributed by atoms with Gasteiger partial charge in [-0.05, 0) is 57.5 Å². The van der Waals surface area contributed by atoms with Crippen LogP contribution in [0.15, 0.2) is 0 Å². The first-order valence-corrected chi connectivity index (χ1v) is 6.28. The average Bonchev–Trinajstić information content (AvgIpc) is 2.76. The zero-order valence-electron chi connectivity index (χ0n) is 8.86. The second kappa shape index (κ2) is 3.49. The first kappa shape index (κ1) is 9.17. The molecule has 0 aromatic heterocycles. The van der Waals surface area contributed by atoms with Crippen molar-refractivity contribution in [1.82, 2.24) is 4.90 Å². The van der Waals surface area contributed by atoms with Crippen LogP contribution in [0, 0.1) is 11.8 Å². The highest BCUT2D eigenvalue weighted by Gasteiger charge is 2.45. The third kappa shape index (κ3) is 1.31. The molecule has 0 radical (unpaired) electrons. The maximum atomic E-state index is 10.1. The van der Waals surface area contributed by atoms with E-state index in [-0.39, 0.29) is 6.10 Å². The fourth-order valence-electron chi connectivity index (χ4n) is 3.96. The Balaban J connectivity index is 1.73. The molecule has 1 N–H and O–H groups in total. The van der Waals surface area contributed by atoms with E-state index in [0.29, 0.717) is 11.8 Å². The number of hydrogen-bond acceptors (Lipinski definition) is 2. The summed E-state index contributed by atoms with van der Waals surface area (Å²) >= 11 is 0. The molecule has 2 bridgehead atoms. The van der Waals surface area contributed by atoms with Gasteiger partial charge in [-0.25, -0.2) is 0 Å². The van der Waals surface area contributed by atoms with E-state index < -0.39 is 0 Å². The van der Waals surface area contributed by atoms with Crippen molar-refractivity contribution < 1.29 is 5.11 Å². The van der Waals surface area contributed by atoms with E-state index in [9.17, 15) is 5.11 Å². The third-order valence-electron chi connectivity index (χ3n) is 4.73. The van der Waals surface area contributed by atoms with Gasteiger partial charge in [0.1, 0.15) is 0 Å². The van der Waals surface area contributed by atoms with Gasteiger partial charge < -0.3 is 10.0 Å². The molecule has 1 saturated heterocycles. The van der Waals surface area contributed by atoms with Crippen LogP contribution in [0.3, 0.4) is 0 Å². The summed E-state index contributed by atoms with van der Waals surface area (Å²) < 4.78 is 0.